The molecule has 1 N–H and O–H groups in total. The number of carbonyl (C=O) groups is 1. The van der Waals surface area contributed by atoms with Crippen LogP contribution < -0.4 is 9.60 Å². The number of benzene rings is 3. The number of hydrogen-bond acceptors (Lipinski definition) is 5. The van der Waals surface area contributed by atoms with Gasteiger partial charge in [-0.25, -0.2) is 13.1 Å². The second-order valence-electron chi connectivity index (χ2n) is 8.73. The minimum atomic E-state index is -3.78. The normalized spacial score (nSPS) is 14.1. The first-order valence-electron chi connectivity index (χ1n) is 11.5. The quantitative estimate of drug-likeness (QED) is 0.359. The van der Waals surface area contributed by atoms with Crippen LogP contribution in [0.4, 0.5) is 0 Å². The lowest BCUT2D eigenvalue weighted by atomic mass is 10.1. The van der Waals surface area contributed by atoms with Crippen molar-refractivity contribution in [2.24, 2.45) is 0 Å². The molecular weight excluding hydrogens is 518 g/mol. The van der Waals surface area contributed by atoms with Gasteiger partial charge in [-0.15, -0.1) is 0 Å². The third kappa shape index (κ3) is 5.24. The second-order valence-corrected chi connectivity index (χ2v) is 11.9. The molecule has 1 saturated heterocycles. The van der Waals surface area contributed by atoms with Crippen LogP contribution in [0.1, 0.15) is 29.5 Å². The van der Waals surface area contributed by atoms with Gasteiger partial charge in [0.05, 0.1) is 21.7 Å². The van der Waals surface area contributed by atoms with Gasteiger partial charge in [0, 0.05) is 31.1 Å². The number of halogens is 1. The standard InChI is InChI=1S/C26H24ClN3O4S2/c27-22-5-2-1-4-20(22)17-30-23-12-11-21(14-24(23)35-26(30)32)36(33,34)28-15-18-7-9-19(10-8-18)16-29-13-3-6-25(29)31/h1-2,4-5,7-12,14,28H,3,6,13,15-17H2. The Kier molecular flexibility index (Phi) is 6.98. The van der Waals surface area contributed by atoms with E-state index in [4.69, 9.17) is 11.6 Å². The third-order valence-electron chi connectivity index (χ3n) is 6.27. The fourth-order valence-corrected chi connectivity index (χ4v) is 6.52. The maximum atomic E-state index is 13.0. The van der Waals surface area contributed by atoms with Crippen LogP contribution in [-0.4, -0.2) is 30.3 Å². The molecule has 0 spiro atoms. The van der Waals surface area contributed by atoms with Crippen molar-refractivity contribution < 1.29 is 13.2 Å². The van der Waals surface area contributed by atoms with Crippen molar-refractivity contribution >= 4 is 49.1 Å². The lowest BCUT2D eigenvalue weighted by Gasteiger charge is -2.15. The summed E-state index contributed by atoms with van der Waals surface area (Å²) in [6.07, 6.45) is 1.50. The Labute approximate surface area is 218 Å². The number of nitrogens with one attached hydrogen (secondary N) is 1. The Bertz CT molecular complexity index is 1590. The van der Waals surface area contributed by atoms with E-state index in [0.29, 0.717) is 34.7 Å². The highest BCUT2D eigenvalue weighted by Crippen LogP contribution is 2.24. The van der Waals surface area contributed by atoms with E-state index in [-0.39, 0.29) is 22.2 Å². The Morgan fingerprint density at radius 3 is 2.42 bits per heavy atom. The highest BCUT2D eigenvalue weighted by Gasteiger charge is 2.20. The minimum Gasteiger partial charge on any atom is -0.338 e. The lowest BCUT2D eigenvalue weighted by molar-refractivity contribution is -0.128. The van der Waals surface area contributed by atoms with E-state index in [2.05, 4.69) is 4.72 Å². The molecule has 0 saturated carbocycles. The van der Waals surface area contributed by atoms with Gasteiger partial charge in [-0.1, -0.05) is 65.4 Å². The SMILES string of the molecule is O=C1CCCN1Cc1ccc(CNS(=O)(=O)c2ccc3c(c2)sc(=O)n3Cc2ccccc2Cl)cc1. The smallest absolute Gasteiger partial charge is 0.308 e. The summed E-state index contributed by atoms with van der Waals surface area (Å²) in [5.74, 6) is 0.174. The molecule has 1 fully saturated rings. The monoisotopic (exact) mass is 541 g/mol. The summed E-state index contributed by atoms with van der Waals surface area (Å²) in [5, 5.41) is 0.574. The van der Waals surface area contributed by atoms with E-state index >= 15 is 0 Å². The zero-order chi connectivity index (χ0) is 25.3. The van der Waals surface area contributed by atoms with Crippen LogP contribution in [0, 0.1) is 0 Å². The summed E-state index contributed by atoms with van der Waals surface area (Å²) in [4.78, 5) is 26.2. The van der Waals surface area contributed by atoms with Gasteiger partial charge >= 0.3 is 4.87 Å². The van der Waals surface area contributed by atoms with Crippen molar-refractivity contribution in [2.45, 2.75) is 37.4 Å². The molecule has 0 aliphatic carbocycles. The number of aromatic nitrogens is 1. The maximum Gasteiger partial charge on any atom is 0.308 e. The summed E-state index contributed by atoms with van der Waals surface area (Å²) in [6, 6.07) is 19.6. The molecule has 1 aliphatic rings. The Morgan fingerprint density at radius 1 is 0.944 bits per heavy atom. The van der Waals surface area contributed by atoms with E-state index in [9.17, 15) is 18.0 Å². The van der Waals surface area contributed by atoms with Gasteiger partial charge < -0.3 is 4.90 Å². The first-order valence-corrected chi connectivity index (χ1v) is 14.2. The summed E-state index contributed by atoms with van der Waals surface area (Å²) in [5.41, 5.74) is 3.30. The van der Waals surface area contributed by atoms with Gasteiger partial charge in [-0.05, 0) is 47.4 Å². The molecule has 0 atom stereocenters. The average Bonchev–Trinajstić information content (AvgIpc) is 3.41. The van der Waals surface area contributed by atoms with E-state index in [1.807, 2.05) is 47.4 Å². The van der Waals surface area contributed by atoms with Crippen molar-refractivity contribution in [3.05, 3.63) is 98.1 Å². The molecule has 36 heavy (non-hydrogen) atoms. The Hall–Kier alpha value is -2.98. The Balaban J connectivity index is 1.29. The summed E-state index contributed by atoms with van der Waals surface area (Å²) >= 11 is 7.26. The third-order valence-corrected chi connectivity index (χ3v) is 8.98. The van der Waals surface area contributed by atoms with Gasteiger partial charge in [0.2, 0.25) is 15.9 Å². The fraction of sp³-hybridized carbons (Fsp3) is 0.231. The van der Waals surface area contributed by atoms with Crippen LogP contribution in [0.3, 0.4) is 0 Å². The molecule has 3 aromatic carbocycles. The number of carbonyl (C=O) groups excluding carboxylic acids is 1. The predicted octanol–water partition coefficient (Wildman–Crippen LogP) is 4.37. The molecule has 4 aromatic rings. The van der Waals surface area contributed by atoms with Crippen LogP contribution in [0.2, 0.25) is 5.02 Å². The Morgan fingerprint density at radius 2 is 1.69 bits per heavy atom. The van der Waals surface area contributed by atoms with Gasteiger partial charge in [0.1, 0.15) is 0 Å². The molecule has 186 valence electrons. The molecule has 7 nitrogen and oxygen atoms in total. The average molecular weight is 542 g/mol. The molecule has 10 heteroatoms. The van der Waals surface area contributed by atoms with Gasteiger partial charge in [0.15, 0.2) is 0 Å². The van der Waals surface area contributed by atoms with Crippen LogP contribution in [0.25, 0.3) is 10.2 Å². The maximum absolute atomic E-state index is 13.0. The number of nitrogens with zero attached hydrogens (tertiary/aromatic N) is 2. The number of thiazole rings is 1. The van der Waals surface area contributed by atoms with E-state index in [1.54, 1.807) is 16.7 Å². The predicted molar refractivity (Wildman–Crippen MR) is 142 cm³/mol. The van der Waals surface area contributed by atoms with E-state index in [1.165, 1.54) is 12.1 Å². The van der Waals surface area contributed by atoms with E-state index < -0.39 is 10.0 Å². The van der Waals surface area contributed by atoms with Crippen molar-refractivity contribution in [1.82, 2.24) is 14.2 Å². The number of fused-ring (bicyclic) bond motifs is 1. The second kappa shape index (κ2) is 10.2. The first kappa shape index (κ1) is 24.7. The van der Waals surface area contributed by atoms with Crippen molar-refractivity contribution in [3.63, 3.8) is 0 Å². The zero-order valence-electron chi connectivity index (χ0n) is 19.3. The van der Waals surface area contributed by atoms with E-state index in [0.717, 1.165) is 41.0 Å². The number of amides is 1. The molecule has 0 unspecified atom stereocenters. The minimum absolute atomic E-state index is 0.102. The molecule has 0 bridgehead atoms. The van der Waals surface area contributed by atoms with Crippen LogP contribution >= 0.6 is 22.9 Å². The molecule has 1 amide bonds. The molecule has 5 rings (SSSR count). The lowest BCUT2D eigenvalue weighted by Crippen LogP contribution is -2.24. The number of sulfonamides is 1. The highest BCUT2D eigenvalue weighted by molar-refractivity contribution is 7.89. The van der Waals surface area contributed by atoms with Gasteiger partial charge in [0.25, 0.3) is 0 Å². The summed E-state index contributed by atoms with van der Waals surface area (Å²) < 4.78 is 30.7. The summed E-state index contributed by atoms with van der Waals surface area (Å²) in [6.45, 7) is 1.80. The van der Waals surface area contributed by atoms with Crippen molar-refractivity contribution in [1.29, 1.82) is 0 Å². The van der Waals surface area contributed by atoms with Crippen LogP contribution in [0.15, 0.2) is 76.4 Å². The number of likely N-dealkylation sites (tertiary alicyclic amines) is 1. The topological polar surface area (TPSA) is 88.5 Å². The molecule has 2 heterocycles. The van der Waals surface area contributed by atoms with Crippen LogP contribution in [-0.2, 0) is 34.5 Å². The fourth-order valence-electron chi connectivity index (χ4n) is 4.28. The van der Waals surface area contributed by atoms with Gasteiger partial charge in [-0.2, -0.15) is 0 Å². The molecular formula is C26H24ClN3O4S2. The molecule has 1 aromatic heterocycles. The summed E-state index contributed by atoms with van der Waals surface area (Å²) in [7, 11) is -3.78. The van der Waals surface area contributed by atoms with Crippen molar-refractivity contribution in [3.8, 4) is 0 Å². The van der Waals surface area contributed by atoms with Crippen LogP contribution in [0.5, 0.6) is 0 Å². The largest absolute Gasteiger partial charge is 0.338 e. The number of rotatable bonds is 8. The van der Waals surface area contributed by atoms with Gasteiger partial charge in [-0.3, -0.25) is 14.2 Å². The number of hydrogen-bond donors (Lipinski definition) is 1. The first-order chi connectivity index (χ1) is 17.3. The zero-order valence-corrected chi connectivity index (χ0v) is 21.7. The molecule has 0 radical (unpaired) electrons. The molecule has 1 aliphatic heterocycles. The van der Waals surface area contributed by atoms with Crippen molar-refractivity contribution in [2.75, 3.05) is 6.54 Å². The highest BCUT2D eigenvalue weighted by atomic mass is 35.5.